The molecule has 4 aromatic rings. The molecule has 4 saturated carbocycles. The highest BCUT2D eigenvalue weighted by Crippen LogP contribution is 2.52. The number of fused-ring (bicyclic) bond motifs is 20. The number of hydrogen-bond acceptors (Lipinski definition) is 15. The van der Waals surface area contributed by atoms with Crippen LogP contribution in [-0.2, 0) is 8.26 Å². The van der Waals surface area contributed by atoms with E-state index in [-0.39, 0.29) is 78.5 Å². The Morgan fingerprint density at radius 3 is 1.07 bits per heavy atom. The van der Waals surface area contributed by atoms with Gasteiger partial charge < -0.3 is 5.11 Å². The fraction of sp³-hybridized carbons (Fsp3) is 0.667. The molecular formula is C48H67AlCl2N8O3S5. The molecule has 67 heavy (non-hydrogen) atoms. The summed E-state index contributed by atoms with van der Waals surface area (Å²) in [6.45, 7) is 0. The summed E-state index contributed by atoms with van der Waals surface area (Å²) in [7, 11) is 4.81. The van der Waals surface area contributed by atoms with Crippen LogP contribution in [0.3, 0.4) is 0 Å². The van der Waals surface area contributed by atoms with Gasteiger partial charge in [0, 0.05) is 52.7 Å². The first-order valence-electron chi connectivity index (χ1n) is 24.6. The first-order valence-corrected chi connectivity index (χ1v) is 31.3. The van der Waals surface area contributed by atoms with Crippen LogP contribution in [0.25, 0.3) is 0 Å². The zero-order valence-corrected chi connectivity index (χ0v) is 42.5. The molecule has 11 nitrogen and oxygen atoms in total. The number of thiophene rings is 4. The van der Waals surface area contributed by atoms with Gasteiger partial charge in [-0.05, 0) is 176 Å². The molecule has 0 spiro atoms. The molecule has 4 aromatic heterocycles. The van der Waals surface area contributed by atoms with Gasteiger partial charge in [0.15, 0.2) is 17.4 Å². The third-order valence-corrected chi connectivity index (χ3v) is 22.1. The Hall–Kier alpha value is -0.498. The average Bonchev–Trinajstić information content (AvgIpc) is 4.16. The Labute approximate surface area is 431 Å². The summed E-state index contributed by atoms with van der Waals surface area (Å²) in [5, 5.41) is 56.1. The van der Waals surface area contributed by atoms with Crippen LogP contribution in [0.5, 0.6) is 0 Å². The largest absolute Gasteiger partial charge is 0.392 e. The first-order chi connectivity index (χ1) is 32.1. The van der Waals surface area contributed by atoms with Crippen molar-refractivity contribution in [1.29, 1.82) is 0 Å². The number of halogens is 2. The van der Waals surface area contributed by atoms with Crippen LogP contribution >= 0.6 is 66.7 Å². The van der Waals surface area contributed by atoms with E-state index >= 15 is 0 Å². The Morgan fingerprint density at radius 2 is 0.731 bits per heavy atom. The van der Waals surface area contributed by atoms with Crippen molar-refractivity contribution in [2.75, 3.05) is 0 Å². The molecule has 5 aliphatic heterocycles. The second kappa shape index (κ2) is 20.4. The molecule has 0 aromatic carbocycles. The standard InChI is InChI=1S/C48H64N8OS4.Al.Cl2O2S.3H/c57-40-30(38-8-4-20-61-38)15-16-31-39(40)48-55-43-29-14-11-26(37-7-3-19-60-37)23-34(29)46(53-43)51-41-27-12-9-24(35-5-1-17-58-35)21-32(27)45(49-41)50-42-28-13-10-25(36-6-2-18-59-36)22-33(28)47(52-42)54-44(31)56-48;;1-5(2,3)4;;;/h1-8,17-20,24-34,39-57H,9-16,21-23H2;;;;;. The van der Waals surface area contributed by atoms with E-state index in [1.807, 2.05) is 45.3 Å². The van der Waals surface area contributed by atoms with E-state index in [9.17, 15) is 5.11 Å². The number of aliphatic hydroxyl groups is 1. The normalized spacial score (nSPS) is 44.6. The van der Waals surface area contributed by atoms with Gasteiger partial charge in [0.1, 0.15) is 0 Å². The summed E-state index contributed by atoms with van der Waals surface area (Å²) in [6.07, 6.45) is 14.4. The van der Waals surface area contributed by atoms with Gasteiger partial charge in [0.2, 0.25) is 0 Å². The van der Waals surface area contributed by atoms with Gasteiger partial charge in [0.05, 0.1) is 55.4 Å². The molecule has 4 aliphatic carbocycles. The number of rotatable bonds is 4. The minimum atomic E-state index is -3.72. The summed E-state index contributed by atoms with van der Waals surface area (Å²) in [6, 6.07) is 18.3. The molecule has 8 bridgehead atoms. The van der Waals surface area contributed by atoms with Crippen molar-refractivity contribution in [3.05, 3.63) is 89.6 Å². The molecule has 19 heteroatoms. The fourth-order valence-electron chi connectivity index (χ4n) is 15.2. The molecule has 9 fully saturated rings. The third kappa shape index (κ3) is 9.88. The van der Waals surface area contributed by atoms with Crippen molar-refractivity contribution in [2.24, 2.45) is 47.3 Å². The van der Waals surface area contributed by atoms with Crippen molar-refractivity contribution in [3.63, 3.8) is 0 Å². The molecule has 21 atom stereocenters. The number of aliphatic hydroxyl groups excluding tert-OH is 1. The van der Waals surface area contributed by atoms with E-state index in [0.29, 0.717) is 59.2 Å². The van der Waals surface area contributed by atoms with E-state index in [1.165, 1.54) is 62.7 Å². The highest BCUT2D eigenvalue weighted by molar-refractivity contribution is 8.31. The van der Waals surface area contributed by atoms with E-state index in [2.05, 4.69) is 134 Å². The monoisotopic (exact) mass is 1060 g/mol. The minimum Gasteiger partial charge on any atom is -0.392 e. The number of hydrogen-bond donors (Lipinski definition) is 9. The van der Waals surface area contributed by atoms with Gasteiger partial charge in [-0.2, -0.15) is 8.42 Å². The van der Waals surface area contributed by atoms with Crippen molar-refractivity contribution in [3.8, 4) is 0 Å². The lowest BCUT2D eigenvalue weighted by atomic mass is 9.70. The van der Waals surface area contributed by atoms with Gasteiger partial charge in [-0.1, -0.05) is 24.3 Å². The third-order valence-electron chi connectivity index (χ3n) is 18.0. The second-order valence-electron chi connectivity index (χ2n) is 21.0. The van der Waals surface area contributed by atoms with Gasteiger partial charge >= 0.3 is 8.26 Å². The predicted molar refractivity (Wildman–Crippen MR) is 279 cm³/mol. The maximum Gasteiger partial charge on any atom is 0.317 e. The van der Waals surface area contributed by atoms with Crippen LogP contribution in [0.15, 0.2) is 70.1 Å². The first kappa shape index (κ1) is 48.8. The van der Waals surface area contributed by atoms with Crippen molar-refractivity contribution in [2.45, 2.75) is 150 Å². The van der Waals surface area contributed by atoms with Crippen LogP contribution in [-0.4, -0.2) is 86.3 Å². The summed E-state index contributed by atoms with van der Waals surface area (Å²) >= 11 is 7.69. The van der Waals surface area contributed by atoms with Crippen LogP contribution in [0.2, 0.25) is 0 Å². The van der Waals surface area contributed by atoms with Crippen molar-refractivity contribution in [1.82, 2.24) is 42.5 Å². The van der Waals surface area contributed by atoms with E-state index in [0.717, 1.165) is 12.8 Å². The molecule has 9 aliphatic rings. The lowest BCUT2D eigenvalue weighted by Gasteiger charge is -2.41. The Bertz CT molecular complexity index is 2290. The molecule has 0 radical (unpaired) electrons. The molecule has 21 unspecified atom stereocenters. The minimum absolute atomic E-state index is 0. The molecule has 13 rings (SSSR count). The lowest BCUT2D eigenvalue weighted by Crippen LogP contribution is -2.62. The predicted octanol–water partition coefficient (Wildman–Crippen LogP) is 6.92. The summed E-state index contributed by atoms with van der Waals surface area (Å²) in [4.78, 5) is 6.04. The van der Waals surface area contributed by atoms with Crippen molar-refractivity contribution < 1.29 is 13.5 Å². The SMILES string of the molecule is O=S(=O)(Cl)Cl.OC1C(c2cccs2)CCC2C3NC4NC(NC5NC(NC6NC(NC(N3)C12)C1CCC(c2cccs2)CC61)C1CCC(c2cccs2)CC51)C1CCC(c2cccs2)CC41.[AlH3]. The molecule has 364 valence electrons. The average molecular weight is 1060 g/mol. The van der Waals surface area contributed by atoms with Crippen LogP contribution < -0.4 is 42.5 Å². The topological polar surface area (TPSA) is 151 Å². The highest BCUT2D eigenvalue weighted by atomic mass is 36.0. The van der Waals surface area contributed by atoms with E-state index in [4.69, 9.17) is 8.42 Å². The second-order valence-corrected chi connectivity index (χ2v) is 28.6. The summed E-state index contributed by atoms with van der Waals surface area (Å²) in [5.41, 5.74) is 0. The number of nitrogens with one attached hydrogen (secondary N) is 8. The summed E-state index contributed by atoms with van der Waals surface area (Å²) < 4.78 is 18.3. The van der Waals surface area contributed by atoms with E-state index < -0.39 is 14.4 Å². The quantitative estimate of drug-likeness (QED) is 0.0775. The van der Waals surface area contributed by atoms with Gasteiger partial charge in [-0.3, -0.25) is 42.5 Å². The summed E-state index contributed by atoms with van der Waals surface area (Å²) in [5.74, 6) is 5.86. The maximum absolute atomic E-state index is 12.6. The molecule has 9 N–H and O–H groups in total. The fourth-order valence-corrected chi connectivity index (χ4v) is 18.7. The Balaban J connectivity index is 0.000000785. The smallest absolute Gasteiger partial charge is 0.317 e. The maximum atomic E-state index is 12.6. The van der Waals surface area contributed by atoms with Crippen LogP contribution in [0.4, 0.5) is 0 Å². The van der Waals surface area contributed by atoms with Gasteiger partial charge in [-0.15, -0.1) is 45.3 Å². The van der Waals surface area contributed by atoms with Crippen molar-refractivity contribution >= 4 is 92.3 Å². The zero-order chi connectivity index (χ0) is 44.7. The molecule has 0 amide bonds. The highest BCUT2D eigenvalue weighted by Gasteiger charge is 2.58. The Morgan fingerprint density at radius 1 is 0.433 bits per heavy atom. The van der Waals surface area contributed by atoms with Crippen LogP contribution in [0.1, 0.15) is 114 Å². The lowest BCUT2D eigenvalue weighted by molar-refractivity contribution is 0.00774. The molecule has 5 saturated heterocycles. The van der Waals surface area contributed by atoms with Gasteiger partial charge in [-0.25, -0.2) is 0 Å². The molecular weight excluding hydrogens is 995 g/mol. The van der Waals surface area contributed by atoms with Gasteiger partial charge in [0.25, 0.3) is 0 Å². The Kier molecular flexibility index (Phi) is 14.9. The van der Waals surface area contributed by atoms with E-state index in [1.54, 1.807) is 14.6 Å². The zero-order valence-electron chi connectivity index (χ0n) is 36.9. The van der Waals surface area contributed by atoms with Crippen LogP contribution in [0, 0.1) is 47.3 Å². The molecule has 9 heterocycles.